The molecule has 0 aliphatic rings. The number of allylic oxidation sites excluding steroid dienone is 7. The zero-order valence-corrected chi connectivity index (χ0v) is 44.8. The molecule has 0 aliphatic heterocycles. The molecule has 0 aromatic carbocycles. The highest BCUT2D eigenvalue weighted by Gasteiger charge is 2.30. The molecule has 0 fully saturated rings. The van der Waals surface area contributed by atoms with Crippen LogP contribution in [0.4, 0.5) is 0 Å². The number of esters is 1. The molecule has 0 aliphatic carbocycles. The lowest BCUT2D eigenvalue weighted by atomic mass is 10.0. The van der Waals surface area contributed by atoms with Crippen molar-refractivity contribution in [3.63, 3.8) is 0 Å². The van der Waals surface area contributed by atoms with Crippen LogP contribution in [-0.4, -0.2) is 74.3 Å². The lowest BCUT2D eigenvalue weighted by Crippen LogP contribution is -2.47. The van der Waals surface area contributed by atoms with E-state index >= 15 is 0 Å². The third kappa shape index (κ3) is 47.1. The molecule has 66 heavy (non-hydrogen) atoms. The molecule has 0 spiro atoms. The van der Waals surface area contributed by atoms with Crippen molar-refractivity contribution >= 4 is 19.7 Å². The fourth-order valence-electron chi connectivity index (χ4n) is 7.66. The fourth-order valence-corrected chi connectivity index (χ4v) is 8.39. The fraction of sp³-hybridized carbons (Fsp3) is 0.821. The lowest BCUT2D eigenvalue weighted by molar-refractivity contribution is -0.870. The predicted octanol–water partition coefficient (Wildman–Crippen LogP) is 16.2. The number of phosphoric acid groups is 1. The predicted molar refractivity (Wildman–Crippen MR) is 282 cm³/mol. The van der Waals surface area contributed by atoms with E-state index in [9.17, 15) is 19.0 Å². The summed E-state index contributed by atoms with van der Waals surface area (Å²) in [6.07, 6.45) is 55.3. The second-order valence-corrected chi connectivity index (χ2v) is 21.2. The van der Waals surface area contributed by atoms with Gasteiger partial charge in [-0.1, -0.05) is 198 Å². The molecule has 0 radical (unpaired) electrons. The van der Waals surface area contributed by atoms with Gasteiger partial charge in [-0.25, -0.2) is 4.57 Å². The van der Waals surface area contributed by atoms with Crippen molar-refractivity contribution in [1.82, 2.24) is 5.32 Å². The molecular weight excluding hydrogens is 844 g/mol. The average Bonchev–Trinajstić information content (AvgIpc) is 3.27. The molecule has 0 saturated carbocycles. The zero-order chi connectivity index (χ0) is 48.7. The largest absolute Gasteiger partial charge is 0.472 e. The molecule has 2 N–H and O–H groups in total. The zero-order valence-electron chi connectivity index (χ0n) is 43.9. The first-order valence-corrected chi connectivity index (χ1v) is 29.0. The molecule has 10 heteroatoms. The van der Waals surface area contributed by atoms with Crippen LogP contribution in [0, 0.1) is 0 Å². The second kappa shape index (κ2) is 46.7. The summed E-state index contributed by atoms with van der Waals surface area (Å²) in [5.41, 5.74) is 0. The topological polar surface area (TPSA) is 111 Å². The molecule has 1 amide bonds. The number of hydrogen-bond donors (Lipinski definition) is 2. The smallest absolute Gasteiger partial charge is 0.456 e. The number of hydrogen-bond acceptors (Lipinski definition) is 6. The van der Waals surface area contributed by atoms with E-state index in [0.29, 0.717) is 17.4 Å². The third-order valence-corrected chi connectivity index (χ3v) is 13.0. The molecule has 9 nitrogen and oxygen atoms in total. The number of phosphoric ester groups is 1. The minimum Gasteiger partial charge on any atom is -0.456 e. The van der Waals surface area contributed by atoms with Gasteiger partial charge in [0.25, 0.3) is 0 Å². The molecule has 0 bridgehead atoms. The molecule has 0 aromatic rings. The molecule has 386 valence electrons. The maximum atomic E-state index is 13.5. The summed E-state index contributed by atoms with van der Waals surface area (Å²) < 4.78 is 30.5. The Morgan fingerprint density at radius 3 is 1.45 bits per heavy atom. The minimum atomic E-state index is -4.44. The van der Waals surface area contributed by atoms with Crippen LogP contribution in [0.15, 0.2) is 48.6 Å². The summed E-state index contributed by atoms with van der Waals surface area (Å²) in [5, 5.41) is 3.04. The monoisotopic (exact) mass is 950 g/mol. The number of unbranched alkanes of at least 4 members (excludes halogenated alkanes) is 27. The van der Waals surface area contributed by atoms with Gasteiger partial charge in [-0.3, -0.25) is 18.6 Å². The standard InChI is InChI=1S/C56H105N2O7P/c1-7-10-13-16-19-22-25-27-28-29-30-31-34-36-39-42-45-48-55(59)57-53(52-64-66(61,62)63-51-50-58(4,5)6)54(47-44-41-38-35-33-26-23-20-17-14-11-8-2)65-56(60)49-46-43-40-37-32-24-21-18-15-12-9-3/h18-19,21-22,27-28,44,47,53-54H,7-17,20,23-26,29-43,45-46,48-52H2,1-6H3,(H-,57,59,61,62)/p+1/b21-18-,22-19-,28-27-,47-44-. The van der Waals surface area contributed by atoms with E-state index in [1.165, 1.54) is 109 Å². The molecular formula is C56H106N2O7P+. The van der Waals surface area contributed by atoms with E-state index in [1.54, 1.807) is 0 Å². The first-order chi connectivity index (χ1) is 31.9. The van der Waals surface area contributed by atoms with Gasteiger partial charge in [0.15, 0.2) is 0 Å². The number of quaternary nitrogens is 1. The van der Waals surface area contributed by atoms with Gasteiger partial charge in [0.05, 0.1) is 33.8 Å². The Bertz CT molecular complexity index is 1280. The molecule has 0 rings (SSSR count). The van der Waals surface area contributed by atoms with Gasteiger partial charge >= 0.3 is 13.8 Å². The Morgan fingerprint density at radius 1 is 0.530 bits per heavy atom. The quantitative estimate of drug-likeness (QED) is 0.0205. The number of ether oxygens (including phenoxy) is 1. The van der Waals surface area contributed by atoms with Crippen molar-refractivity contribution < 1.29 is 37.3 Å². The van der Waals surface area contributed by atoms with Gasteiger partial charge in [0.2, 0.25) is 5.91 Å². The van der Waals surface area contributed by atoms with Gasteiger partial charge in [0, 0.05) is 12.8 Å². The number of rotatable bonds is 49. The van der Waals surface area contributed by atoms with Crippen molar-refractivity contribution in [3.05, 3.63) is 48.6 Å². The van der Waals surface area contributed by atoms with E-state index in [0.717, 1.165) is 103 Å². The lowest BCUT2D eigenvalue weighted by Gasteiger charge is -2.27. The maximum Gasteiger partial charge on any atom is 0.472 e. The van der Waals surface area contributed by atoms with Crippen LogP contribution in [0.1, 0.15) is 245 Å². The summed E-state index contributed by atoms with van der Waals surface area (Å²) in [6.45, 7) is 6.93. The Kier molecular flexibility index (Phi) is 45.3. The molecule has 3 atom stereocenters. The summed E-state index contributed by atoms with van der Waals surface area (Å²) in [6, 6.07) is -0.853. The molecule has 3 unspecified atom stereocenters. The van der Waals surface area contributed by atoms with Gasteiger partial charge in [-0.2, -0.15) is 0 Å². The van der Waals surface area contributed by atoms with Crippen molar-refractivity contribution in [2.75, 3.05) is 40.9 Å². The van der Waals surface area contributed by atoms with Crippen LogP contribution in [0.2, 0.25) is 0 Å². The van der Waals surface area contributed by atoms with Gasteiger partial charge in [-0.05, 0) is 83.1 Å². The highest BCUT2D eigenvalue weighted by atomic mass is 31.2. The first-order valence-electron chi connectivity index (χ1n) is 27.5. The minimum absolute atomic E-state index is 0.0370. The molecule has 0 heterocycles. The second-order valence-electron chi connectivity index (χ2n) is 19.7. The van der Waals surface area contributed by atoms with Gasteiger partial charge in [-0.15, -0.1) is 0 Å². The number of carbonyl (C=O) groups excluding carboxylic acids is 2. The van der Waals surface area contributed by atoms with Crippen LogP contribution in [0.3, 0.4) is 0 Å². The Balaban J connectivity index is 5.37. The average molecular weight is 950 g/mol. The van der Waals surface area contributed by atoms with Crippen LogP contribution >= 0.6 is 7.82 Å². The molecule has 0 saturated heterocycles. The normalized spacial score (nSPS) is 14.2. The van der Waals surface area contributed by atoms with E-state index in [1.807, 2.05) is 33.3 Å². The number of amides is 1. The highest BCUT2D eigenvalue weighted by Crippen LogP contribution is 2.43. The van der Waals surface area contributed by atoms with E-state index in [-0.39, 0.29) is 31.5 Å². The Labute approximate surface area is 408 Å². The van der Waals surface area contributed by atoms with Gasteiger partial charge < -0.3 is 19.4 Å². The summed E-state index contributed by atoms with van der Waals surface area (Å²) >= 11 is 0. The third-order valence-electron chi connectivity index (χ3n) is 12.0. The first kappa shape index (κ1) is 64.0. The van der Waals surface area contributed by atoms with Crippen LogP contribution in [0.25, 0.3) is 0 Å². The summed E-state index contributed by atoms with van der Waals surface area (Å²) in [7, 11) is 1.48. The Morgan fingerprint density at radius 2 is 0.939 bits per heavy atom. The SMILES string of the molecule is CCCC/C=C\CCCCCCCC(=O)OC(/C=C\CCCCCCCCCCCC)C(COP(=O)(O)OCC[N+](C)(C)C)NC(=O)CCCCCCCCC/C=C\C/C=C\CCCCC. The van der Waals surface area contributed by atoms with Crippen molar-refractivity contribution in [2.45, 2.75) is 258 Å². The van der Waals surface area contributed by atoms with Gasteiger partial charge in [0.1, 0.15) is 19.3 Å². The van der Waals surface area contributed by atoms with Crippen LogP contribution in [-0.2, 0) is 27.9 Å². The van der Waals surface area contributed by atoms with Crippen molar-refractivity contribution in [2.24, 2.45) is 0 Å². The highest BCUT2D eigenvalue weighted by molar-refractivity contribution is 7.47. The van der Waals surface area contributed by atoms with E-state index < -0.39 is 20.0 Å². The van der Waals surface area contributed by atoms with E-state index in [2.05, 4.69) is 62.5 Å². The van der Waals surface area contributed by atoms with Crippen molar-refractivity contribution in [1.29, 1.82) is 0 Å². The summed E-state index contributed by atoms with van der Waals surface area (Å²) in [4.78, 5) is 37.4. The summed E-state index contributed by atoms with van der Waals surface area (Å²) in [5.74, 6) is -0.524. The maximum absolute atomic E-state index is 13.5. The number of likely N-dealkylation sites (N-methyl/N-ethyl adjacent to an activating group) is 1. The van der Waals surface area contributed by atoms with E-state index in [4.69, 9.17) is 13.8 Å². The number of nitrogens with zero attached hydrogens (tertiary/aromatic N) is 1. The van der Waals surface area contributed by atoms with Crippen LogP contribution in [0.5, 0.6) is 0 Å². The number of nitrogens with one attached hydrogen (secondary N) is 1. The number of carbonyl (C=O) groups is 2. The van der Waals surface area contributed by atoms with Crippen LogP contribution < -0.4 is 5.32 Å². The van der Waals surface area contributed by atoms with Crippen molar-refractivity contribution in [3.8, 4) is 0 Å². The Hall–Kier alpha value is -2.03. The molecule has 0 aromatic heterocycles.